The van der Waals surface area contributed by atoms with Gasteiger partial charge in [-0.3, -0.25) is 33.6 Å². The van der Waals surface area contributed by atoms with E-state index in [-0.39, 0.29) is 63.4 Å². The molecule has 3 atom stereocenters. The molecule has 0 radical (unpaired) electrons. The lowest BCUT2D eigenvalue weighted by Gasteiger charge is -2.31. The van der Waals surface area contributed by atoms with E-state index in [9.17, 15) is 48.3 Å². The third-order valence-corrected chi connectivity index (χ3v) is 18.5. The molecular weight excluding hydrogens is 1390 g/mol. The van der Waals surface area contributed by atoms with Crippen LogP contribution in [0.15, 0.2) is 95.8 Å². The number of aliphatic hydroxyl groups is 1. The number of aryl methyl sites for hydroxylation is 1. The summed E-state index contributed by atoms with van der Waals surface area (Å²) in [7, 11) is 1.69. The van der Waals surface area contributed by atoms with Crippen LogP contribution < -0.4 is 37.5 Å². The summed E-state index contributed by atoms with van der Waals surface area (Å²) in [6.07, 6.45) is -0.176. The molecule has 4 heterocycles. The van der Waals surface area contributed by atoms with Crippen LogP contribution in [0, 0.1) is 12.7 Å². The largest absolute Gasteiger partial charge is 0.458 e. The maximum absolute atomic E-state index is 15.4. The van der Waals surface area contributed by atoms with E-state index in [0.717, 1.165) is 27.8 Å². The van der Waals surface area contributed by atoms with Crippen LogP contribution in [-0.2, 0) is 117 Å². The highest BCUT2D eigenvalue weighted by atomic mass is 19.1. The SMILES string of the molecule is CC[C@@]1(O)C(=O)OCc2c1cc1n(c2=O)Cc2c-1nc1cc(F)c(C)c3c1c2[C@@H](NC(=O)COCNC(=O)CNC(=O)[C@H](Cc1ccccc1)NC(=O)CNC(=O)CNC(=O)CCOCCOCCOCCOCCOCCOCCOCCOCCN(C)C(=O)OC1c2ccccc2-c2ccccc21)CC3. The van der Waals surface area contributed by atoms with Crippen molar-refractivity contribution < 1.29 is 100.0 Å². The average Bonchev–Trinajstić information content (AvgIpc) is 1.60. The van der Waals surface area contributed by atoms with Gasteiger partial charge in [0, 0.05) is 60.1 Å². The first-order valence-corrected chi connectivity index (χ1v) is 35.8. The molecule has 2 aliphatic carbocycles. The van der Waals surface area contributed by atoms with E-state index in [4.69, 9.17) is 57.1 Å². The van der Waals surface area contributed by atoms with Crippen LogP contribution in [-0.4, -0.2) is 225 Å². The predicted molar refractivity (Wildman–Crippen MR) is 382 cm³/mol. The molecule has 0 bridgehead atoms. The number of aromatic nitrogens is 2. The summed E-state index contributed by atoms with van der Waals surface area (Å²) in [5, 5.41) is 27.5. The van der Waals surface area contributed by atoms with Crippen LogP contribution in [0.3, 0.4) is 0 Å². The van der Waals surface area contributed by atoms with E-state index < -0.39 is 116 Å². The van der Waals surface area contributed by atoms with E-state index in [2.05, 4.69) is 31.9 Å². The lowest BCUT2D eigenvalue weighted by atomic mass is 9.81. The maximum atomic E-state index is 15.4. The number of nitrogens with one attached hydrogen (secondary N) is 6. The van der Waals surface area contributed by atoms with Crippen LogP contribution in [0.2, 0.25) is 0 Å². The number of carbonyl (C=O) groups is 8. The molecule has 30 nitrogen and oxygen atoms in total. The zero-order valence-electron chi connectivity index (χ0n) is 60.2. The molecule has 0 saturated heterocycles. The fourth-order valence-electron chi connectivity index (χ4n) is 12.9. The van der Waals surface area contributed by atoms with Crippen LogP contribution in [0.5, 0.6) is 0 Å². The van der Waals surface area contributed by atoms with E-state index in [1.165, 1.54) is 15.5 Å². The van der Waals surface area contributed by atoms with Crippen LogP contribution in [0.1, 0.15) is 88.4 Å². The fraction of sp³-hybridized carbons (Fsp3) is 0.474. The Morgan fingerprint density at radius 1 is 0.654 bits per heavy atom. The van der Waals surface area contributed by atoms with Crippen LogP contribution >= 0.6 is 0 Å². The highest BCUT2D eigenvalue weighted by Crippen LogP contribution is 2.47. The van der Waals surface area contributed by atoms with Crippen molar-refractivity contribution in [2.24, 2.45) is 0 Å². The predicted octanol–water partition coefficient (Wildman–Crippen LogP) is 3.16. The average molecular weight is 1490 g/mol. The highest BCUT2D eigenvalue weighted by molar-refractivity contribution is 5.95. The quantitative estimate of drug-likeness (QED) is 0.0164. The summed E-state index contributed by atoms with van der Waals surface area (Å²) in [4.78, 5) is 124. The van der Waals surface area contributed by atoms with Crippen LogP contribution in [0.25, 0.3) is 33.4 Å². The Balaban J connectivity index is 0.511. The number of nitrogens with zero attached hydrogens (tertiary/aromatic N) is 3. The van der Waals surface area contributed by atoms with Gasteiger partial charge in [0.1, 0.15) is 31.8 Å². The van der Waals surface area contributed by atoms with Gasteiger partial charge >= 0.3 is 12.1 Å². The maximum Gasteiger partial charge on any atom is 0.410 e. The van der Waals surface area contributed by atoms with Gasteiger partial charge in [-0.25, -0.2) is 19.0 Å². The van der Waals surface area contributed by atoms with Gasteiger partial charge in [0.25, 0.3) is 5.56 Å². The number of rotatable bonds is 44. The monoisotopic (exact) mass is 1490 g/mol. The van der Waals surface area contributed by atoms with Gasteiger partial charge in [0.2, 0.25) is 35.4 Å². The fourth-order valence-corrected chi connectivity index (χ4v) is 12.9. The van der Waals surface area contributed by atoms with Crippen molar-refractivity contribution in [2.45, 2.75) is 82.9 Å². The summed E-state index contributed by atoms with van der Waals surface area (Å²) in [5.41, 5.74) is 5.91. The molecule has 7 N–H and O–H groups in total. The zero-order chi connectivity index (χ0) is 75.7. The Hall–Kier alpha value is -9.67. The Kier molecular flexibility index (Phi) is 29.7. The minimum absolute atomic E-state index is 0.0297. The van der Waals surface area contributed by atoms with Gasteiger partial charge in [0.15, 0.2) is 11.7 Å². The third kappa shape index (κ3) is 21.4. The van der Waals surface area contributed by atoms with Crippen molar-refractivity contribution in [2.75, 3.05) is 152 Å². The van der Waals surface area contributed by atoms with Crippen molar-refractivity contribution in [3.63, 3.8) is 0 Å². The molecule has 2 aliphatic heterocycles. The van der Waals surface area contributed by atoms with Gasteiger partial charge < -0.3 is 98.6 Å². The number of ether oxygens (including phenoxy) is 11. The number of esters is 1. The summed E-state index contributed by atoms with van der Waals surface area (Å²) in [5.74, 6) is -5.14. The minimum Gasteiger partial charge on any atom is -0.458 e. The standard InChI is InChI=1S/C76H92FN9O21/c1-4-76(96)57-39-62-70-55(44-86(62)73(93)56(57)45-106-74(76)94)69-59(19-18-50-48(2)58(77)40-60(84-70)68(50)69)82-67(91)46-105-47-81-65(89)42-80-72(92)61(38-49-12-6-5-7-13-49)83-66(90)43-79-64(88)41-78-63(87)20-22-97-24-26-99-28-30-101-32-34-103-36-37-104-35-33-102-31-29-100-27-25-98-23-21-85(3)75(95)107-71-53-16-10-8-14-51(53)52-15-9-11-17-54(52)71/h5-17,39-40,59,61,71,96H,4,18-38,41-47H2,1-3H3,(H,78,87)(H,79,88)(H,80,92)(H,81,89)(H,82,91)(H,83,90)/t59-,61-,76-/m0/s1. The summed E-state index contributed by atoms with van der Waals surface area (Å²) in [6, 6.07) is 25.8. The van der Waals surface area contributed by atoms with Crippen molar-refractivity contribution in [1.82, 2.24) is 46.4 Å². The Morgan fingerprint density at radius 2 is 1.21 bits per heavy atom. The van der Waals surface area contributed by atoms with Crippen molar-refractivity contribution in [3.8, 4) is 22.5 Å². The molecule has 107 heavy (non-hydrogen) atoms. The Labute approximate surface area is 617 Å². The number of cyclic esters (lactones) is 1. The minimum atomic E-state index is -2.06. The van der Waals surface area contributed by atoms with E-state index in [1.807, 2.05) is 48.5 Å². The van der Waals surface area contributed by atoms with E-state index >= 15 is 4.39 Å². The van der Waals surface area contributed by atoms with Gasteiger partial charge in [-0.15, -0.1) is 0 Å². The van der Waals surface area contributed by atoms with Crippen molar-refractivity contribution in [3.05, 3.63) is 157 Å². The molecule has 31 heteroatoms. The summed E-state index contributed by atoms with van der Waals surface area (Å²) >= 11 is 0. The third-order valence-electron chi connectivity index (χ3n) is 18.5. The van der Waals surface area contributed by atoms with Crippen molar-refractivity contribution >= 4 is 58.4 Å². The van der Waals surface area contributed by atoms with Gasteiger partial charge in [-0.2, -0.15) is 0 Å². The molecule has 0 fully saturated rings. The molecule has 0 saturated carbocycles. The van der Waals surface area contributed by atoms with Gasteiger partial charge in [0.05, 0.1) is 160 Å². The van der Waals surface area contributed by atoms with E-state index in [0.29, 0.717) is 150 Å². The van der Waals surface area contributed by atoms with Crippen LogP contribution in [0.4, 0.5) is 9.18 Å². The molecule has 4 aliphatic rings. The van der Waals surface area contributed by atoms with Gasteiger partial charge in [-0.05, 0) is 65.6 Å². The van der Waals surface area contributed by atoms with Crippen molar-refractivity contribution in [1.29, 1.82) is 0 Å². The summed E-state index contributed by atoms with van der Waals surface area (Å²) in [6.45, 7) is 6.47. The zero-order valence-corrected chi connectivity index (χ0v) is 60.2. The highest BCUT2D eigenvalue weighted by Gasteiger charge is 2.46. The smallest absolute Gasteiger partial charge is 0.410 e. The number of halogens is 1. The molecule has 0 spiro atoms. The number of carbonyl (C=O) groups excluding carboxylic acids is 8. The second kappa shape index (κ2) is 39.8. The van der Waals surface area contributed by atoms with E-state index in [1.54, 1.807) is 57.3 Å². The first kappa shape index (κ1) is 79.9. The normalized spacial score (nSPS) is 15.4. The molecule has 0 unspecified atom stereocenters. The Bertz CT molecular complexity index is 4140. The molecule has 574 valence electrons. The number of pyridine rings is 2. The molecule has 6 aromatic rings. The molecule has 2 aromatic heterocycles. The lowest BCUT2D eigenvalue weighted by molar-refractivity contribution is -0.172. The van der Waals surface area contributed by atoms with Gasteiger partial charge in [-0.1, -0.05) is 85.8 Å². The molecule has 10 rings (SSSR count). The second-order valence-corrected chi connectivity index (χ2v) is 25.7. The number of hydrogen-bond donors (Lipinski definition) is 7. The number of hydrogen-bond acceptors (Lipinski definition) is 22. The number of amides is 7. The number of likely N-dealkylation sites (N-methyl/N-ethyl adjacent to an activating group) is 1. The lowest BCUT2D eigenvalue weighted by Crippen LogP contribution is -2.52. The molecule has 4 aromatic carbocycles. The number of benzene rings is 4. The first-order chi connectivity index (χ1) is 51.9. The number of fused-ring (bicyclic) bond motifs is 8. The topological polar surface area (TPSA) is 369 Å². The Morgan fingerprint density at radius 3 is 1.82 bits per heavy atom. The molecular formula is C76H92FN9O21. The second-order valence-electron chi connectivity index (χ2n) is 25.7. The molecule has 7 amide bonds. The summed E-state index contributed by atoms with van der Waals surface area (Å²) < 4.78 is 77.9. The first-order valence-electron chi connectivity index (χ1n) is 35.8.